The fourth-order valence-corrected chi connectivity index (χ4v) is 2.70. The Kier molecular flexibility index (Phi) is 4.25. The molecule has 0 aromatic heterocycles. The third-order valence-electron chi connectivity index (χ3n) is 3.62. The van der Waals surface area contributed by atoms with Crippen LogP contribution in [0.2, 0.25) is 5.02 Å². The number of hydrogen-bond acceptors (Lipinski definition) is 1. The molecule has 0 radical (unpaired) electrons. The van der Waals surface area contributed by atoms with Gasteiger partial charge in [-0.2, -0.15) is 0 Å². The van der Waals surface area contributed by atoms with Crippen LogP contribution in [0, 0.1) is 5.92 Å². The van der Waals surface area contributed by atoms with Crippen LogP contribution in [0.1, 0.15) is 38.2 Å². The van der Waals surface area contributed by atoms with Gasteiger partial charge in [0.15, 0.2) is 0 Å². The Balaban J connectivity index is 1.89. The summed E-state index contributed by atoms with van der Waals surface area (Å²) < 4.78 is 0. The van der Waals surface area contributed by atoms with Crippen molar-refractivity contribution in [1.29, 1.82) is 0 Å². The molecule has 0 heterocycles. The van der Waals surface area contributed by atoms with E-state index < -0.39 is 0 Å². The number of hydrogen-bond donors (Lipinski definition) is 1. The lowest BCUT2D eigenvalue weighted by Gasteiger charge is -2.29. The summed E-state index contributed by atoms with van der Waals surface area (Å²) in [6.45, 7) is 3.25. The highest BCUT2D eigenvalue weighted by Crippen LogP contribution is 2.24. The Morgan fingerprint density at radius 3 is 2.75 bits per heavy atom. The van der Waals surface area contributed by atoms with E-state index in [4.69, 9.17) is 11.6 Å². The summed E-state index contributed by atoms with van der Waals surface area (Å²) in [7, 11) is 0. The summed E-state index contributed by atoms with van der Waals surface area (Å²) in [4.78, 5) is 0. The first kappa shape index (κ1) is 11.9. The van der Waals surface area contributed by atoms with Gasteiger partial charge in [-0.25, -0.2) is 0 Å². The zero-order chi connectivity index (χ0) is 11.4. The summed E-state index contributed by atoms with van der Waals surface area (Å²) in [6, 6.07) is 8.76. The predicted octanol–water partition coefficient (Wildman–Crippen LogP) is 4.01. The second-order valence-electron chi connectivity index (χ2n) is 4.84. The Labute approximate surface area is 103 Å². The Morgan fingerprint density at radius 1 is 1.25 bits per heavy atom. The lowest BCUT2D eigenvalue weighted by atomic mass is 9.86. The van der Waals surface area contributed by atoms with Crippen molar-refractivity contribution in [3.63, 3.8) is 0 Å². The summed E-state index contributed by atoms with van der Waals surface area (Å²) in [5.41, 5.74) is 1.21. The molecule has 2 heteroatoms. The van der Waals surface area contributed by atoms with Crippen LogP contribution in [0.15, 0.2) is 24.3 Å². The summed E-state index contributed by atoms with van der Waals surface area (Å²) >= 11 is 6.14. The minimum Gasteiger partial charge on any atom is -0.310 e. The molecule has 0 saturated heterocycles. The third kappa shape index (κ3) is 2.99. The lowest BCUT2D eigenvalue weighted by Crippen LogP contribution is -2.36. The van der Waals surface area contributed by atoms with Gasteiger partial charge in [0.05, 0.1) is 0 Å². The van der Waals surface area contributed by atoms with Gasteiger partial charge in [-0.3, -0.25) is 0 Å². The molecule has 1 N–H and O–H groups in total. The molecule has 1 aromatic carbocycles. The second-order valence-corrected chi connectivity index (χ2v) is 5.25. The van der Waals surface area contributed by atoms with Crippen LogP contribution in [0.4, 0.5) is 0 Å². The van der Waals surface area contributed by atoms with E-state index in [2.05, 4.69) is 18.3 Å². The molecule has 1 saturated carbocycles. The molecule has 0 aliphatic heterocycles. The summed E-state index contributed by atoms with van der Waals surface area (Å²) in [5.74, 6) is 0.802. The maximum absolute atomic E-state index is 6.14. The molecule has 16 heavy (non-hydrogen) atoms. The average Bonchev–Trinajstić information content (AvgIpc) is 2.30. The minimum absolute atomic E-state index is 0.671. The van der Waals surface area contributed by atoms with Gasteiger partial charge < -0.3 is 5.32 Å². The fraction of sp³-hybridized carbons (Fsp3) is 0.571. The molecule has 1 fully saturated rings. The highest BCUT2D eigenvalue weighted by atomic mass is 35.5. The number of halogens is 1. The average molecular weight is 238 g/mol. The van der Waals surface area contributed by atoms with Gasteiger partial charge in [-0.1, -0.05) is 49.6 Å². The van der Waals surface area contributed by atoms with E-state index in [9.17, 15) is 0 Å². The maximum Gasteiger partial charge on any atom is 0.0450 e. The Morgan fingerprint density at radius 2 is 2.00 bits per heavy atom. The molecule has 1 aliphatic rings. The highest BCUT2D eigenvalue weighted by molar-refractivity contribution is 6.31. The molecule has 1 nitrogen and oxygen atoms in total. The zero-order valence-corrected chi connectivity index (χ0v) is 10.6. The van der Waals surface area contributed by atoms with Gasteiger partial charge in [-0.15, -0.1) is 0 Å². The van der Waals surface area contributed by atoms with Crippen molar-refractivity contribution in [3.8, 4) is 0 Å². The van der Waals surface area contributed by atoms with Crippen LogP contribution in [-0.4, -0.2) is 6.04 Å². The summed E-state index contributed by atoms with van der Waals surface area (Å²) in [6.07, 6.45) is 5.43. The number of nitrogens with one attached hydrogen (secondary N) is 1. The van der Waals surface area contributed by atoms with E-state index in [1.54, 1.807) is 0 Å². The van der Waals surface area contributed by atoms with E-state index in [1.807, 2.05) is 18.2 Å². The molecule has 0 spiro atoms. The molecular weight excluding hydrogens is 218 g/mol. The monoisotopic (exact) mass is 237 g/mol. The van der Waals surface area contributed by atoms with Gasteiger partial charge in [-0.05, 0) is 30.4 Å². The van der Waals surface area contributed by atoms with Crippen LogP contribution in [0.3, 0.4) is 0 Å². The van der Waals surface area contributed by atoms with Gasteiger partial charge in [0.2, 0.25) is 0 Å². The maximum atomic E-state index is 6.14. The molecule has 2 rings (SSSR count). The van der Waals surface area contributed by atoms with Crippen LogP contribution >= 0.6 is 11.6 Å². The van der Waals surface area contributed by atoms with Crippen LogP contribution in [-0.2, 0) is 6.54 Å². The van der Waals surface area contributed by atoms with E-state index >= 15 is 0 Å². The smallest absolute Gasteiger partial charge is 0.0450 e. The van der Waals surface area contributed by atoms with Crippen molar-refractivity contribution in [1.82, 2.24) is 5.32 Å². The van der Waals surface area contributed by atoms with Crippen molar-refractivity contribution in [2.45, 2.75) is 45.2 Å². The van der Waals surface area contributed by atoms with Crippen molar-refractivity contribution < 1.29 is 0 Å². The van der Waals surface area contributed by atoms with Crippen LogP contribution < -0.4 is 5.32 Å². The molecule has 0 amide bonds. The lowest BCUT2D eigenvalue weighted by molar-refractivity contribution is 0.279. The molecular formula is C14H20ClN. The fourth-order valence-electron chi connectivity index (χ4n) is 2.50. The van der Waals surface area contributed by atoms with E-state index in [1.165, 1.54) is 31.2 Å². The van der Waals surface area contributed by atoms with Gasteiger partial charge in [0.1, 0.15) is 0 Å². The molecule has 88 valence electrons. The van der Waals surface area contributed by atoms with Crippen molar-refractivity contribution >= 4 is 11.6 Å². The number of benzene rings is 1. The highest BCUT2D eigenvalue weighted by Gasteiger charge is 2.20. The van der Waals surface area contributed by atoms with Crippen LogP contribution in [0.25, 0.3) is 0 Å². The quantitative estimate of drug-likeness (QED) is 0.838. The van der Waals surface area contributed by atoms with E-state index in [-0.39, 0.29) is 0 Å². The largest absolute Gasteiger partial charge is 0.310 e. The predicted molar refractivity (Wildman–Crippen MR) is 69.7 cm³/mol. The SMILES string of the molecule is CC1CCCCC1NCc1ccccc1Cl. The minimum atomic E-state index is 0.671. The molecule has 1 aliphatic carbocycles. The normalized spacial score (nSPS) is 25.6. The Bertz CT molecular complexity index is 337. The molecule has 2 atom stereocenters. The molecule has 0 bridgehead atoms. The molecule has 2 unspecified atom stereocenters. The third-order valence-corrected chi connectivity index (χ3v) is 3.99. The molecule has 1 aromatic rings. The van der Waals surface area contributed by atoms with Gasteiger partial charge in [0.25, 0.3) is 0 Å². The van der Waals surface area contributed by atoms with Crippen molar-refractivity contribution in [2.75, 3.05) is 0 Å². The van der Waals surface area contributed by atoms with Gasteiger partial charge >= 0.3 is 0 Å². The zero-order valence-electron chi connectivity index (χ0n) is 9.88. The van der Waals surface area contributed by atoms with Crippen molar-refractivity contribution in [3.05, 3.63) is 34.9 Å². The first-order chi connectivity index (χ1) is 7.77. The second kappa shape index (κ2) is 5.70. The van der Waals surface area contributed by atoms with E-state index in [0.29, 0.717) is 6.04 Å². The van der Waals surface area contributed by atoms with Gasteiger partial charge in [0, 0.05) is 17.6 Å². The van der Waals surface area contributed by atoms with Crippen molar-refractivity contribution in [2.24, 2.45) is 5.92 Å². The van der Waals surface area contributed by atoms with E-state index in [0.717, 1.165) is 17.5 Å². The first-order valence-electron chi connectivity index (χ1n) is 6.24. The Hall–Kier alpha value is -0.530. The summed E-state index contributed by atoms with van der Waals surface area (Å²) in [5, 5.41) is 4.52. The topological polar surface area (TPSA) is 12.0 Å². The number of rotatable bonds is 3. The first-order valence-corrected chi connectivity index (χ1v) is 6.62. The van der Waals surface area contributed by atoms with Crippen LogP contribution in [0.5, 0.6) is 0 Å². The standard InChI is InChI=1S/C14H20ClN/c1-11-6-2-5-9-14(11)16-10-12-7-3-4-8-13(12)15/h3-4,7-8,11,14,16H,2,5-6,9-10H2,1H3.